The van der Waals surface area contributed by atoms with Crippen molar-refractivity contribution in [1.82, 2.24) is 0 Å². The van der Waals surface area contributed by atoms with Crippen LogP contribution in [0.25, 0.3) is 21.2 Å². The number of carboxylic acids is 1. The first-order chi connectivity index (χ1) is 16.9. The number of carboxylic acid groups (broad SMARTS) is 1. The smallest absolute Gasteiger partial charge is 0.336 e. The van der Waals surface area contributed by atoms with Crippen molar-refractivity contribution in [3.63, 3.8) is 0 Å². The van der Waals surface area contributed by atoms with Gasteiger partial charge >= 0.3 is 5.97 Å². The van der Waals surface area contributed by atoms with Crippen LogP contribution in [0.1, 0.15) is 75.2 Å². The van der Waals surface area contributed by atoms with Crippen molar-refractivity contribution in [1.29, 1.82) is 0 Å². The Bertz CT molecular complexity index is 1310. The maximum atomic E-state index is 11.4. The topological polar surface area (TPSA) is 46.5 Å². The number of rotatable bonds is 5. The third kappa shape index (κ3) is 4.03. The van der Waals surface area contributed by atoms with Crippen LogP contribution in [-0.4, -0.2) is 19.4 Å². The molecule has 7 rings (SSSR count). The summed E-state index contributed by atoms with van der Waals surface area (Å²) in [6, 6.07) is 13.1. The Morgan fingerprint density at radius 3 is 2.17 bits per heavy atom. The highest BCUT2D eigenvalue weighted by atomic mass is 32.1. The highest BCUT2D eigenvalue weighted by molar-refractivity contribution is 7.13. The summed E-state index contributed by atoms with van der Waals surface area (Å²) in [5.74, 6) is 2.89. The Balaban J connectivity index is 1.49. The van der Waals surface area contributed by atoms with Crippen molar-refractivity contribution >= 4 is 36.4 Å². The van der Waals surface area contributed by atoms with Gasteiger partial charge in [0.15, 0.2) is 0 Å². The fourth-order valence-corrected chi connectivity index (χ4v) is 9.30. The molecule has 1 N–H and O–H groups in total. The Kier molecular flexibility index (Phi) is 5.52. The van der Waals surface area contributed by atoms with E-state index in [9.17, 15) is 9.90 Å². The minimum Gasteiger partial charge on any atom is -0.543 e. The van der Waals surface area contributed by atoms with E-state index in [0.717, 1.165) is 33.9 Å². The zero-order valence-electron chi connectivity index (χ0n) is 22.2. The molecular formula is C31H38O3SSi. The summed E-state index contributed by atoms with van der Waals surface area (Å²) in [4.78, 5) is 12.4. The molecule has 190 valence electrons. The Labute approximate surface area is 220 Å². The molecule has 5 heteroatoms. The highest BCUT2D eigenvalue weighted by Crippen LogP contribution is 2.62. The third-order valence-electron chi connectivity index (χ3n) is 9.85. The lowest BCUT2D eigenvalue weighted by molar-refractivity contribution is -0.00580. The molecule has 0 saturated heterocycles. The van der Waals surface area contributed by atoms with Crippen LogP contribution in [0.5, 0.6) is 5.75 Å². The van der Waals surface area contributed by atoms with E-state index in [1.165, 1.54) is 66.2 Å². The first kappa shape index (κ1) is 24.2. The lowest BCUT2D eigenvalue weighted by Crippen LogP contribution is -2.49. The van der Waals surface area contributed by atoms with Crippen LogP contribution in [0, 0.1) is 17.8 Å². The maximum absolute atomic E-state index is 11.4. The molecule has 1 heterocycles. The molecule has 2 aromatic carbocycles. The minimum atomic E-state index is -2.00. The Hall–Kier alpha value is -2.11. The van der Waals surface area contributed by atoms with Gasteiger partial charge in [0, 0.05) is 10.3 Å². The second kappa shape index (κ2) is 8.19. The number of aromatic carboxylic acids is 1. The molecule has 4 aliphatic carbocycles. The predicted octanol–water partition coefficient (Wildman–Crippen LogP) is 9.12. The van der Waals surface area contributed by atoms with Crippen LogP contribution in [0.3, 0.4) is 0 Å². The first-order valence-electron chi connectivity index (χ1n) is 13.5. The van der Waals surface area contributed by atoms with Crippen LogP contribution >= 0.6 is 11.3 Å². The summed E-state index contributed by atoms with van der Waals surface area (Å²) in [6.07, 6.45) is 8.22. The molecule has 0 atom stereocenters. The van der Waals surface area contributed by atoms with E-state index >= 15 is 0 Å². The lowest BCUT2D eigenvalue weighted by atomic mass is 9.48. The molecule has 4 aliphatic rings. The Morgan fingerprint density at radius 2 is 1.61 bits per heavy atom. The van der Waals surface area contributed by atoms with Crippen molar-refractivity contribution < 1.29 is 14.3 Å². The van der Waals surface area contributed by atoms with Gasteiger partial charge in [-0.2, -0.15) is 0 Å². The van der Waals surface area contributed by atoms with Crippen molar-refractivity contribution in [3.8, 4) is 16.2 Å². The molecule has 0 spiro atoms. The van der Waals surface area contributed by atoms with Gasteiger partial charge in [0.25, 0.3) is 0 Å². The van der Waals surface area contributed by atoms with Crippen LogP contribution < -0.4 is 4.43 Å². The van der Waals surface area contributed by atoms with E-state index < -0.39 is 14.3 Å². The van der Waals surface area contributed by atoms with Crippen molar-refractivity contribution in [2.24, 2.45) is 17.8 Å². The van der Waals surface area contributed by atoms with Gasteiger partial charge in [0.05, 0.1) is 5.56 Å². The van der Waals surface area contributed by atoms with Crippen LogP contribution in [0.15, 0.2) is 41.8 Å². The second-order valence-electron chi connectivity index (χ2n) is 13.5. The fraction of sp³-hybridized carbons (Fsp3) is 0.516. The number of fused-ring (bicyclic) bond motifs is 1. The van der Waals surface area contributed by atoms with Crippen LogP contribution in [-0.2, 0) is 5.41 Å². The average molecular weight is 519 g/mol. The van der Waals surface area contributed by atoms with Gasteiger partial charge in [-0.1, -0.05) is 32.9 Å². The second-order valence-corrected chi connectivity index (χ2v) is 19.1. The molecule has 36 heavy (non-hydrogen) atoms. The number of hydrogen-bond donors (Lipinski definition) is 1. The van der Waals surface area contributed by atoms with Crippen LogP contribution in [0.4, 0.5) is 0 Å². The molecule has 0 amide bonds. The van der Waals surface area contributed by atoms with Crippen molar-refractivity contribution in [3.05, 3.63) is 52.9 Å². The number of benzene rings is 2. The fourth-order valence-electron chi connectivity index (χ4n) is 7.40. The molecule has 4 bridgehead atoms. The van der Waals surface area contributed by atoms with E-state index in [-0.39, 0.29) is 10.5 Å². The molecule has 1 aromatic heterocycles. The van der Waals surface area contributed by atoms with Gasteiger partial charge in [-0.25, -0.2) is 4.79 Å². The van der Waals surface area contributed by atoms with Gasteiger partial charge in [0.1, 0.15) is 5.75 Å². The van der Waals surface area contributed by atoms with Crippen molar-refractivity contribution in [2.45, 2.75) is 82.8 Å². The molecule has 0 aliphatic heterocycles. The molecule has 3 nitrogen and oxygen atoms in total. The zero-order valence-corrected chi connectivity index (χ0v) is 24.0. The van der Waals surface area contributed by atoms with E-state index in [1.807, 2.05) is 0 Å². The van der Waals surface area contributed by atoms with Gasteiger partial charge in [-0.05, 0) is 126 Å². The van der Waals surface area contributed by atoms with Gasteiger partial charge < -0.3 is 9.53 Å². The Morgan fingerprint density at radius 1 is 0.972 bits per heavy atom. The summed E-state index contributed by atoms with van der Waals surface area (Å²) in [6.45, 7) is 11.7. The SMILES string of the molecule is CC(C)(C)[Si](C)(C)Oc1cc2ccc(-c3cc(C(=O)O)cs3)cc2cc1C12CC3CC(CC(C3)C1)C2. The highest BCUT2D eigenvalue weighted by Gasteiger charge is 2.53. The van der Waals surface area contributed by atoms with E-state index in [2.05, 4.69) is 64.2 Å². The van der Waals surface area contributed by atoms with Gasteiger partial charge in [-0.15, -0.1) is 11.3 Å². The normalized spacial score (nSPS) is 27.5. The third-order valence-corrected chi connectivity index (χ3v) is 15.2. The van der Waals surface area contributed by atoms with Gasteiger partial charge in [-0.3, -0.25) is 0 Å². The first-order valence-corrected chi connectivity index (χ1v) is 17.3. The number of thiophene rings is 1. The van der Waals surface area contributed by atoms with Gasteiger partial charge in [0.2, 0.25) is 8.32 Å². The maximum Gasteiger partial charge on any atom is 0.336 e. The summed E-state index contributed by atoms with van der Waals surface area (Å²) < 4.78 is 7.12. The van der Waals surface area contributed by atoms with E-state index in [4.69, 9.17) is 4.43 Å². The summed E-state index contributed by atoms with van der Waals surface area (Å²) in [7, 11) is -2.00. The predicted molar refractivity (Wildman–Crippen MR) is 152 cm³/mol. The van der Waals surface area contributed by atoms with Crippen molar-refractivity contribution in [2.75, 3.05) is 0 Å². The number of carbonyl (C=O) groups is 1. The minimum absolute atomic E-state index is 0.144. The molecule has 4 saturated carbocycles. The summed E-state index contributed by atoms with van der Waals surface area (Å²) in [5.41, 5.74) is 3.15. The number of hydrogen-bond acceptors (Lipinski definition) is 3. The summed E-state index contributed by atoms with van der Waals surface area (Å²) >= 11 is 1.50. The summed E-state index contributed by atoms with van der Waals surface area (Å²) in [5, 5.41) is 13.7. The molecule has 3 aromatic rings. The molecule has 0 unspecified atom stereocenters. The molecule has 0 radical (unpaired) electrons. The standard InChI is InChI=1S/C31H38O3SSi/c1-30(2,3)36(4,5)34-27-13-22-6-7-23(28-14-25(18-35-28)29(32)33)11-24(22)12-26(27)31-15-19-8-20(16-31)10-21(9-19)17-31/h6-7,11-14,18-21H,8-10,15-17H2,1-5H3,(H,32,33). The molecule has 4 fully saturated rings. The van der Waals surface area contributed by atoms with Crippen LogP contribution in [0.2, 0.25) is 18.1 Å². The quantitative estimate of drug-likeness (QED) is 0.343. The lowest BCUT2D eigenvalue weighted by Gasteiger charge is -2.57. The van der Waals surface area contributed by atoms with E-state index in [0.29, 0.717) is 5.56 Å². The van der Waals surface area contributed by atoms with E-state index in [1.54, 1.807) is 11.4 Å². The molecular weight excluding hydrogens is 480 g/mol. The monoisotopic (exact) mass is 518 g/mol. The largest absolute Gasteiger partial charge is 0.543 e. The average Bonchev–Trinajstić information content (AvgIpc) is 3.27. The zero-order chi connectivity index (χ0) is 25.5.